The number of aliphatic imine (C=N–C) groups is 1. The number of dihydropyridines is 1. The van der Waals surface area contributed by atoms with Gasteiger partial charge >= 0.3 is 23.7 Å². The van der Waals surface area contributed by atoms with Gasteiger partial charge in [-0.1, -0.05) is 28.7 Å². The number of aromatic nitrogens is 2. The number of hydrogen-bond acceptors (Lipinski definition) is 5. The first kappa shape index (κ1) is 24.3. The van der Waals surface area contributed by atoms with E-state index in [2.05, 4.69) is 15.3 Å². The van der Waals surface area contributed by atoms with E-state index in [1.54, 1.807) is 47.8 Å². The van der Waals surface area contributed by atoms with Crippen LogP contribution in [0.15, 0.2) is 40.1 Å². The van der Waals surface area contributed by atoms with E-state index in [4.69, 9.17) is 0 Å². The number of aryl methyl sites for hydroxylation is 1. The third-order valence-corrected chi connectivity index (χ3v) is 7.00. The Kier molecular flexibility index (Phi) is 6.48. The van der Waals surface area contributed by atoms with E-state index in [1.807, 2.05) is 11.8 Å². The number of carbonyl (C=O) groups excluding carboxylic acids is 2. The van der Waals surface area contributed by atoms with Gasteiger partial charge in [0.2, 0.25) is 0 Å². The molecule has 0 aliphatic carbocycles. The number of alkyl halides is 4. The molecule has 0 radical (unpaired) electrons. The number of H-pyrrole nitrogens is 1. The van der Waals surface area contributed by atoms with E-state index >= 15 is 0 Å². The van der Waals surface area contributed by atoms with Crippen molar-refractivity contribution < 1.29 is 22.8 Å². The SMILES string of the molecule is C[C@@H]1CN(C(=O)C(=O)Nc2ccc3[nH]c(=O)n(C)c3c2)CCN1C1=NC(I)C(C(F)(F)F)C=C1. The second-order valence-corrected chi connectivity index (χ2v) is 9.53. The predicted octanol–water partition coefficient (Wildman–Crippen LogP) is 2.25. The van der Waals surface area contributed by atoms with E-state index in [0.29, 0.717) is 29.1 Å². The van der Waals surface area contributed by atoms with Crippen molar-refractivity contribution in [3.63, 3.8) is 0 Å². The fourth-order valence-electron chi connectivity index (χ4n) is 4.08. The van der Waals surface area contributed by atoms with Gasteiger partial charge in [-0.3, -0.25) is 19.1 Å². The molecule has 13 heteroatoms. The molecule has 1 aromatic carbocycles. The summed E-state index contributed by atoms with van der Waals surface area (Å²) in [5, 5.41) is 2.57. The molecule has 2 aliphatic rings. The van der Waals surface area contributed by atoms with Crippen LogP contribution in [0.25, 0.3) is 11.0 Å². The zero-order chi connectivity index (χ0) is 24.8. The molecule has 3 atom stereocenters. The van der Waals surface area contributed by atoms with Gasteiger partial charge < -0.3 is 20.1 Å². The molecule has 4 rings (SSSR count). The monoisotopic (exact) mass is 590 g/mol. The third-order valence-electron chi connectivity index (χ3n) is 5.95. The highest BCUT2D eigenvalue weighted by Gasteiger charge is 2.44. The maximum absolute atomic E-state index is 13.1. The van der Waals surface area contributed by atoms with Crippen LogP contribution in [-0.4, -0.2) is 72.9 Å². The maximum Gasteiger partial charge on any atom is 0.397 e. The number of amides is 2. The number of nitrogens with zero attached hydrogens (tertiary/aromatic N) is 4. The molecule has 2 aromatic rings. The first-order chi connectivity index (χ1) is 16.0. The summed E-state index contributed by atoms with van der Waals surface area (Å²) in [6, 6.07) is 4.58. The average Bonchev–Trinajstić information content (AvgIpc) is 3.05. The van der Waals surface area contributed by atoms with Gasteiger partial charge in [-0.15, -0.1) is 0 Å². The van der Waals surface area contributed by atoms with Gasteiger partial charge in [0, 0.05) is 38.4 Å². The molecule has 2 amide bonds. The molecule has 3 heterocycles. The lowest BCUT2D eigenvalue weighted by atomic mass is 10.1. The molecule has 9 nitrogen and oxygen atoms in total. The van der Waals surface area contributed by atoms with Gasteiger partial charge in [0.1, 0.15) is 15.8 Å². The molecular formula is C21H22F3IN6O3. The summed E-state index contributed by atoms with van der Waals surface area (Å²) in [5.41, 5.74) is 1.28. The molecule has 0 spiro atoms. The molecule has 0 bridgehead atoms. The minimum absolute atomic E-state index is 0.221. The Morgan fingerprint density at radius 2 is 2.00 bits per heavy atom. The van der Waals surface area contributed by atoms with Crippen molar-refractivity contribution in [3.05, 3.63) is 40.8 Å². The summed E-state index contributed by atoms with van der Waals surface area (Å²) in [6.07, 6.45) is -1.87. The summed E-state index contributed by atoms with van der Waals surface area (Å²) in [7, 11) is 1.59. The number of rotatable bonds is 1. The molecule has 34 heavy (non-hydrogen) atoms. The van der Waals surface area contributed by atoms with Gasteiger partial charge in [-0.25, -0.2) is 4.79 Å². The smallest absolute Gasteiger partial charge is 0.351 e. The van der Waals surface area contributed by atoms with Crippen molar-refractivity contribution in [2.24, 2.45) is 18.0 Å². The van der Waals surface area contributed by atoms with Gasteiger partial charge in [0.05, 0.1) is 11.0 Å². The summed E-state index contributed by atoms with van der Waals surface area (Å²) in [5.74, 6) is -2.71. The maximum atomic E-state index is 13.1. The molecule has 1 saturated heterocycles. The highest BCUT2D eigenvalue weighted by atomic mass is 127. The van der Waals surface area contributed by atoms with Crippen molar-refractivity contribution in [2.75, 3.05) is 25.0 Å². The highest BCUT2D eigenvalue weighted by molar-refractivity contribution is 14.1. The van der Waals surface area contributed by atoms with Crippen LogP contribution in [0.4, 0.5) is 18.9 Å². The van der Waals surface area contributed by atoms with Crippen LogP contribution in [-0.2, 0) is 16.6 Å². The van der Waals surface area contributed by atoms with E-state index in [0.717, 1.165) is 6.08 Å². The topological polar surface area (TPSA) is 103 Å². The van der Waals surface area contributed by atoms with E-state index < -0.39 is 28.0 Å². The number of anilines is 1. The number of nitrogens with one attached hydrogen (secondary N) is 2. The number of aromatic amines is 1. The molecule has 1 aromatic heterocycles. The number of carbonyl (C=O) groups is 2. The summed E-state index contributed by atoms with van der Waals surface area (Å²) >= 11 is 1.68. The number of amidine groups is 1. The summed E-state index contributed by atoms with van der Waals surface area (Å²) in [6.45, 7) is 2.61. The molecule has 182 valence electrons. The van der Waals surface area contributed by atoms with Crippen LogP contribution in [0.2, 0.25) is 0 Å². The Balaban J connectivity index is 1.39. The molecule has 0 saturated carbocycles. The minimum Gasteiger partial charge on any atom is -0.351 e. The first-order valence-electron chi connectivity index (χ1n) is 10.5. The van der Waals surface area contributed by atoms with Crippen molar-refractivity contribution in [2.45, 2.75) is 23.2 Å². The zero-order valence-electron chi connectivity index (χ0n) is 18.3. The standard InChI is InChI=1S/C21H22F3IN6O3/c1-11-10-30(7-8-31(11)16-6-4-13(17(25)28-16)21(22,23)24)19(33)18(32)26-12-3-5-14-15(9-12)29(2)20(34)27-14/h3-6,9,11,13,17H,7-8,10H2,1-2H3,(H,26,32)(H,27,34)/t11-,13?,17?/m1/s1. The quantitative estimate of drug-likeness (QED) is 0.230. The largest absolute Gasteiger partial charge is 0.397 e. The Labute approximate surface area is 205 Å². The van der Waals surface area contributed by atoms with E-state index in [9.17, 15) is 27.6 Å². The number of fused-ring (bicyclic) bond motifs is 1. The number of imidazole rings is 1. The fourth-order valence-corrected chi connectivity index (χ4v) is 5.01. The molecular weight excluding hydrogens is 568 g/mol. The predicted molar refractivity (Wildman–Crippen MR) is 129 cm³/mol. The Hall–Kier alpha value is -2.84. The first-order valence-corrected chi connectivity index (χ1v) is 11.7. The Morgan fingerprint density at radius 1 is 1.26 bits per heavy atom. The minimum atomic E-state index is -4.36. The van der Waals surface area contributed by atoms with Crippen LogP contribution >= 0.6 is 22.6 Å². The second-order valence-electron chi connectivity index (χ2n) is 8.26. The highest BCUT2D eigenvalue weighted by Crippen LogP contribution is 2.36. The lowest BCUT2D eigenvalue weighted by Crippen LogP contribution is -2.57. The van der Waals surface area contributed by atoms with Gasteiger partial charge in [-0.05, 0) is 31.2 Å². The summed E-state index contributed by atoms with van der Waals surface area (Å²) < 4.78 is 39.6. The number of piperazine rings is 1. The van der Waals surface area contributed by atoms with Crippen LogP contribution < -0.4 is 11.0 Å². The van der Waals surface area contributed by atoms with Crippen LogP contribution in [0.5, 0.6) is 0 Å². The fraction of sp³-hybridized carbons (Fsp3) is 0.429. The number of benzene rings is 1. The van der Waals surface area contributed by atoms with Crippen molar-refractivity contribution in [1.82, 2.24) is 19.4 Å². The van der Waals surface area contributed by atoms with Crippen molar-refractivity contribution >= 4 is 57.0 Å². The van der Waals surface area contributed by atoms with Crippen LogP contribution in [0.3, 0.4) is 0 Å². The van der Waals surface area contributed by atoms with Crippen LogP contribution in [0, 0.1) is 5.92 Å². The summed E-state index contributed by atoms with van der Waals surface area (Å²) in [4.78, 5) is 47.2. The lowest BCUT2D eigenvalue weighted by Gasteiger charge is -2.41. The van der Waals surface area contributed by atoms with Crippen molar-refractivity contribution in [3.8, 4) is 0 Å². The molecule has 1 fully saturated rings. The lowest BCUT2D eigenvalue weighted by molar-refractivity contribution is -0.159. The Morgan fingerprint density at radius 3 is 2.65 bits per heavy atom. The molecule has 2 unspecified atom stereocenters. The van der Waals surface area contributed by atoms with Crippen LogP contribution in [0.1, 0.15) is 6.92 Å². The Bertz CT molecular complexity index is 1250. The van der Waals surface area contributed by atoms with Gasteiger partial charge in [0.25, 0.3) is 0 Å². The number of hydrogen-bond donors (Lipinski definition) is 2. The average molecular weight is 590 g/mol. The van der Waals surface area contributed by atoms with E-state index in [-0.39, 0.29) is 24.8 Å². The zero-order valence-corrected chi connectivity index (χ0v) is 20.4. The van der Waals surface area contributed by atoms with Gasteiger partial charge in [-0.2, -0.15) is 13.2 Å². The number of halogens is 4. The second kappa shape index (κ2) is 9.07. The van der Waals surface area contributed by atoms with E-state index in [1.165, 1.54) is 15.5 Å². The van der Waals surface area contributed by atoms with Crippen molar-refractivity contribution in [1.29, 1.82) is 0 Å². The molecule has 2 N–H and O–H groups in total. The normalized spacial score (nSPS) is 23.2. The molecule has 2 aliphatic heterocycles. The van der Waals surface area contributed by atoms with Gasteiger partial charge in [0.15, 0.2) is 0 Å². The third kappa shape index (κ3) is 4.70.